The van der Waals surface area contributed by atoms with Crippen molar-refractivity contribution >= 4 is 23.3 Å². The molecule has 0 spiro atoms. The van der Waals surface area contributed by atoms with Gasteiger partial charge in [-0.1, -0.05) is 25.3 Å². The van der Waals surface area contributed by atoms with Gasteiger partial charge in [0.2, 0.25) is 0 Å². The van der Waals surface area contributed by atoms with Crippen molar-refractivity contribution in [3.8, 4) is 0 Å². The number of carbonyl (C=O) groups excluding carboxylic acids is 1. The number of rotatable bonds is 5. The van der Waals surface area contributed by atoms with Gasteiger partial charge in [0.05, 0.1) is 24.9 Å². The summed E-state index contributed by atoms with van der Waals surface area (Å²) in [5.74, 6) is 0.311. The van der Waals surface area contributed by atoms with Crippen LogP contribution in [0.15, 0.2) is 30.2 Å². The van der Waals surface area contributed by atoms with Gasteiger partial charge in [-0.3, -0.25) is 4.68 Å². The summed E-state index contributed by atoms with van der Waals surface area (Å²) in [4.78, 5) is 13.4. The molecule has 0 N–H and O–H groups in total. The average Bonchev–Trinajstić information content (AvgIpc) is 3.01. The zero-order valence-electron chi connectivity index (χ0n) is 13.9. The predicted molar refractivity (Wildman–Crippen MR) is 95.9 cm³/mol. The molecule has 1 saturated heterocycles. The molecular weight excluding hydrogens is 324 g/mol. The van der Waals surface area contributed by atoms with Gasteiger partial charge >= 0.3 is 5.97 Å². The van der Waals surface area contributed by atoms with E-state index in [0.717, 1.165) is 41.2 Å². The molecule has 0 bridgehead atoms. The summed E-state index contributed by atoms with van der Waals surface area (Å²) < 4.78 is 12.8. The summed E-state index contributed by atoms with van der Waals surface area (Å²) in [6, 6.07) is 0.125. The number of ether oxygens (including phenoxy) is 2. The average molecular weight is 346 g/mol. The van der Waals surface area contributed by atoms with Gasteiger partial charge in [-0.05, 0) is 19.8 Å². The normalized spacial score (nSPS) is 20.5. The van der Waals surface area contributed by atoms with Crippen LogP contribution in [0.5, 0.6) is 0 Å². The minimum atomic E-state index is -0.365. The van der Waals surface area contributed by atoms with Crippen molar-refractivity contribution in [2.24, 2.45) is 0 Å². The molecule has 2 aliphatic heterocycles. The van der Waals surface area contributed by atoms with Crippen molar-refractivity contribution in [3.63, 3.8) is 0 Å². The summed E-state index contributed by atoms with van der Waals surface area (Å²) in [6.07, 6.45) is 5.63. The third-order valence-corrected chi connectivity index (χ3v) is 5.37. The van der Waals surface area contributed by atoms with E-state index in [1.54, 1.807) is 18.7 Å². The number of esters is 1. The van der Waals surface area contributed by atoms with Gasteiger partial charge in [0.1, 0.15) is 0 Å². The van der Waals surface area contributed by atoms with E-state index in [2.05, 4.69) is 18.3 Å². The SMILES string of the molecule is C=CC1=C(C=C)c2c(c(C(=O)OCC)nn2C2CCCOC2)CS1. The number of thioether (sulfide) groups is 1. The Hall–Kier alpha value is -1.79. The minimum absolute atomic E-state index is 0.125. The van der Waals surface area contributed by atoms with Crippen molar-refractivity contribution < 1.29 is 14.3 Å². The third kappa shape index (κ3) is 2.96. The van der Waals surface area contributed by atoms with E-state index in [-0.39, 0.29) is 12.0 Å². The topological polar surface area (TPSA) is 53.3 Å². The number of fused-ring (bicyclic) bond motifs is 1. The number of nitrogens with zero attached hydrogens (tertiary/aromatic N) is 2. The molecule has 3 rings (SSSR count). The van der Waals surface area contributed by atoms with Crippen molar-refractivity contribution in [3.05, 3.63) is 47.2 Å². The van der Waals surface area contributed by atoms with Crippen molar-refractivity contribution in [1.82, 2.24) is 9.78 Å². The molecule has 1 aromatic rings. The van der Waals surface area contributed by atoms with Crippen molar-refractivity contribution in [2.45, 2.75) is 31.6 Å². The second-order valence-corrected chi connectivity index (χ2v) is 6.70. The number of hydrogen-bond donors (Lipinski definition) is 0. The number of hydrogen-bond acceptors (Lipinski definition) is 5. The summed E-state index contributed by atoms with van der Waals surface area (Å²) in [5.41, 5.74) is 3.26. The first-order valence-electron chi connectivity index (χ1n) is 8.19. The molecule has 1 atom stereocenters. The van der Waals surface area contributed by atoms with E-state index in [9.17, 15) is 4.79 Å². The van der Waals surface area contributed by atoms with Gasteiger partial charge in [-0.25, -0.2) is 4.79 Å². The molecular formula is C18H22N2O3S. The summed E-state index contributed by atoms with van der Waals surface area (Å²) in [6.45, 7) is 11.4. The lowest BCUT2D eigenvalue weighted by Crippen LogP contribution is -2.24. The van der Waals surface area contributed by atoms with Gasteiger partial charge < -0.3 is 9.47 Å². The zero-order chi connectivity index (χ0) is 17.1. The van der Waals surface area contributed by atoms with Gasteiger partial charge in [-0.2, -0.15) is 5.10 Å². The Morgan fingerprint density at radius 1 is 1.50 bits per heavy atom. The highest BCUT2D eigenvalue weighted by Gasteiger charge is 2.32. The van der Waals surface area contributed by atoms with Crippen molar-refractivity contribution in [1.29, 1.82) is 0 Å². The molecule has 5 nitrogen and oxygen atoms in total. The maximum Gasteiger partial charge on any atom is 0.359 e. The maximum absolute atomic E-state index is 12.4. The van der Waals surface area contributed by atoms with E-state index in [0.29, 0.717) is 24.7 Å². The molecule has 1 unspecified atom stereocenters. The minimum Gasteiger partial charge on any atom is -0.461 e. The van der Waals surface area contributed by atoms with Crippen LogP contribution in [0.4, 0.5) is 0 Å². The fourth-order valence-electron chi connectivity index (χ4n) is 3.15. The molecule has 128 valence electrons. The Morgan fingerprint density at radius 3 is 2.96 bits per heavy atom. The summed E-state index contributed by atoms with van der Waals surface area (Å²) in [7, 11) is 0. The van der Waals surface area contributed by atoms with Crippen LogP contribution in [0, 0.1) is 0 Å². The maximum atomic E-state index is 12.4. The first-order chi connectivity index (χ1) is 11.7. The standard InChI is InChI=1S/C18H22N2O3S/c1-4-13-15(5-2)24-11-14-16(18(21)23-6-3)19-20(17(13)14)12-8-7-9-22-10-12/h4-5,12H,1-2,6-11H2,3H3. The monoisotopic (exact) mass is 346 g/mol. The Morgan fingerprint density at radius 2 is 2.33 bits per heavy atom. The van der Waals surface area contributed by atoms with Gasteiger partial charge in [0.15, 0.2) is 5.69 Å². The summed E-state index contributed by atoms with van der Waals surface area (Å²) in [5, 5.41) is 4.63. The van der Waals surface area contributed by atoms with Crippen LogP contribution < -0.4 is 0 Å². The zero-order valence-corrected chi connectivity index (χ0v) is 14.7. The molecule has 24 heavy (non-hydrogen) atoms. The second kappa shape index (κ2) is 7.40. The van der Waals surface area contributed by atoms with E-state index >= 15 is 0 Å². The van der Waals surface area contributed by atoms with Crippen LogP contribution in [0.2, 0.25) is 0 Å². The number of carbonyl (C=O) groups is 1. The molecule has 2 aliphatic rings. The van der Waals surface area contributed by atoms with Crippen LogP contribution in [0.25, 0.3) is 5.57 Å². The van der Waals surface area contributed by atoms with Crippen LogP contribution in [0.3, 0.4) is 0 Å². The quantitative estimate of drug-likeness (QED) is 0.760. The fraction of sp³-hybridized carbons (Fsp3) is 0.444. The Bertz CT molecular complexity index is 699. The van der Waals surface area contributed by atoms with Gasteiger partial charge in [0.25, 0.3) is 0 Å². The Kier molecular flexibility index (Phi) is 5.26. The molecule has 0 aromatic carbocycles. The number of allylic oxidation sites excluding steroid dienone is 3. The van der Waals surface area contributed by atoms with Crippen molar-refractivity contribution in [2.75, 3.05) is 19.8 Å². The third-order valence-electron chi connectivity index (χ3n) is 4.24. The molecule has 0 aliphatic carbocycles. The fourth-order valence-corrected chi connectivity index (χ4v) is 4.17. The van der Waals surface area contributed by atoms with Gasteiger partial charge in [-0.15, -0.1) is 11.8 Å². The van der Waals surface area contributed by atoms with E-state index in [1.807, 2.05) is 16.8 Å². The van der Waals surface area contributed by atoms with Crippen LogP contribution >= 0.6 is 11.8 Å². The lowest BCUT2D eigenvalue weighted by Gasteiger charge is -2.26. The first kappa shape index (κ1) is 17.0. The molecule has 0 amide bonds. The molecule has 1 fully saturated rings. The predicted octanol–water partition coefficient (Wildman–Crippen LogP) is 3.74. The van der Waals surface area contributed by atoms with Crippen LogP contribution in [0.1, 0.15) is 47.6 Å². The smallest absolute Gasteiger partial charge is 0.359 e. The van der Waals surface area contributed by atoms with Crippen LogP contribution in [-0.2, 0) is 15.2 Å². The highest BCUT2D eigenvalue weighted by Crippen LogP contribution is 2.42. The van der Waals surface area contributed by atoms with E-state index in [4.69, 9.17) is 9.47 Å². The van der Waals surface area contributed by atoms with E-state index in [1.165, 1.54) is 0 Å². The summed E-state index contributed by atoms with van der Waals surface area (Å²) >= 11 is 1.65. The second-order valence-electron chi connectivity index (χ2n) is 5.69. The lowest BCUT2D eigenvalue weighted by atomic mass is 10.0. The lowest BCUT2D eigenvalue weighted by molar-refractivity contribution is 0.0491. The highest BCUT2D eigenvalue weighted by molar-refractivity contribution is 8.02. The molecule has 0 radical (unpaired) electrons. The van der Waals surface area contributed by atoms with Gasteiger partial charge in [0, 0.05) is 28.4 Å². The Balaban J connectivity index is 2.15. The molecule has 0 saturated carbocycles. The molecule has 3 heterocycles. The molecule has 1 aromatic heterocycles. The largest absolute Gasteiger partial charge is 0.461 e. The van der Waals surface area contributed by atoms with E-state index < -0.39 is 0 Å². The molecule has 6 heteroatoms. The Labute approximate surface area is 146 Å². The number of aromatic nitrogens is 2. The van der Waals surface area contributed by atoms with Crippen LogP contribution in [-0.4, -0.2) is 35.6 Å². The highest BCUT2D eigenvalue weighted by atomic mass is 32.2. The first-order valence-corrected chi connectivity index (χ1v) is 9.18.